The van der Waals surface area contributed by atoms with Crippen molar-refractivity contribution in [3.05, 3.63) is 0 Å². The highest BCUT2D eigenvalue weighted by atomic mass is 15.2. The minimum absolute atomic E-state index is 0.717. The lowest BCUT2D eigenvalue weighted by Gasteiger charge is -2.54. The highest BCUT2D eigenvalue weighted by molar-refractivity contribution is 5.00. The average Bonchev–Trinajstić information content (AvgIpc) is 2.35. The van der Waals surface area contributed by atoms with Crippen LogP contribution in [0.15, 0.2) is 0 Å². The van der Waals surface area contributed by atoms with E-state index in [1.807, 2.05) is 0 Å². The summed E-state index contributed by atoms with van der Waals surface area (Å²) in [5.74, 6) is 0. The zero-order chi connectivity index (χ0) is 12.1. The minimum Gasteiger partial charge on any atom is -0.316 e. The van der Waals surface area contributed by atoms with Gasteiger partial charge in [-0.15, -0.1) is 0 Å². The van der Waals surface area contributed by atoms with Crippen molar-refractivity contribution in [3.8, 4) is 0 Å². The van der Waals surface area contributed by atoms with Gasteiger partial charge in [0.1, 0.15) is 0 Å². The molecule has 1 N–H and O–H groups in total. The lowest BCUT2D eigenvalue weighted by Crippen LogP contribution is -2.59. The van der Waals surface area contributed by atoms with Gasteiger partial charge in [-0.3, -0.25) is 0 Å². The van der Waals surface area contributed by atoms with E-state index in [0.29, 0.717) is 5.41 Å². The van der Waals surface area contributed by atoms with Crippen LogP contribution in [0.1, 0.15) is 57.8 Å². The van der Waals surface area contributed by atoms with Crippen molar-refractivity contribution in [2.75, 3.05) is 26.2 Å². The zero-order valence-electron chi connectivity index (χ0n) is 11.7. The molecule has 1 atom stereocenters. The van der Waals surface area contributed by atoms with Crippen LogP contribution in [0.2, 0.25) is 0 Å². The molecule has 0 amide bonds. The average molecular weight is 248 g/mol. The van der Waals surface area contributed by atoms with Gasteiger partial charge in [0.2, 0.25) is 0 Å². The summed E-state index contributed by atoms with van der Waals surface area (Å²) in [4.78, 5) is 2.86. The van der Waals surface area contributed by atoms with E-state index in [1.54, 1.807) is 12.8 Å². The number of piperidine rings is 1. The summed E-state index contributed by atoms with van der Waals surface area (Å²) in [6, 6.07) is 0.929. The molecule has 4 aliphatic rings. The number of nitrogens with zero attached hydrogens (tertiary/aromatic N) is 1. The first-order valence-corrected chi connectivity index (χ1v) is 8.24. The summed E-state index contributed by atoms with van der Waals surface area (Å²) in [6.45, 7) is 5.44. The summed E-state index contributed by atoms with van der Waals surface area (Å²) < 4.78 is 0. The summed E-state index contributed by atoms with van der Waals surface area (Å²) in [5, 5.41) is 3.51. The van der Waals surface area contributed by atoms with Crippen molar-refractivity contribution in [2.24, 2.45) is 10.8 Å². The molecule has 2 heteroatoms. The van der Waals surface area contributed by atoms with Crippen molar-refractivity contribution in [1.82, 2.24) is 10.2 Å². The molecule has 2 aliphatic heterocycles. The predicted octanol–water partition coefficient (Wildman–Crippen LogP) is 2.78. The van der Waals surface area contributed by atoms with Gasteiger partial charge < -0.3 is 10.2 Å². The van der Waals surface area contributed by atoms with Gasteiger partial charge in [0.25, 0.3) is 0 Å². The predicted molar refractivity (Wildman–Crippen MR) is 74.6 cm³/mol. The fourth-order valence-electron chi connectivity index (χ4n) is 5.07. The maximum Gasteiger partial charge on any atom is 0.0101 e. The van der Waals surface area contributed by atoms with Crippen LogP contribution in [0.25, 0.3) is 0 Å². The van der Waals surface area contributed by atoms with Crippen molar-refractivity contribution in [1.29, 1.82) is 0 Å². The molecule has 18 heavy (non-hydrogen) atoms. The van der Waals surface area contributed by atoms with Gasteiger partial charge in [0, 0.05) is 19.1 Å². The largest absolute Gasteiger partial charge is 0.316 e. The number of hydrogen-bond donors (Lipinski definition) is 1. The molecule has 0 aromatic rings. The highest BCUT2D eigenvalue weighted by Crippen LogP contribution is 2.50. The molecule has 2 aliphatic carbocycles. The van der Waals surface area contributed by atoms with Gasteiger partial charge in [-0.25, -0.2) is 0 Å². The molecule has 2 saturated carbocycles. The van der Waals surface area contributed by atoms with Crippen molar-refractivity contribution in [2.45, 2.75) is 63.8 Å². The molecule has 4 rings (SSSR count). The fourth-order valence-corrected chi connectivity index (χ4v) is 5.07. The quantitative estimate of drug-likeness (QED) is 0.767. The highest BCUT2D eigenvalue weighted by Gasteiger charge is 2.45. The Labute approximate surface area is 111 Å². The van der Waals surface area contributed by atoms with Crippen LogP contribution in [0, 0.1) is 10.8 Å². The lowest BCUT2D eigenvalue weighted by atomic mass is 9.62. The van der Waals surface area contributed by atoms with Gasteiger partial charge >= 0.3 is 0 Å². The molecule has 0 radical (unpaired) electrons. The van der Waals surface area contributed by atoms with Crippen molar-refractivity contribution in [3.63, 3.8) is 0 Å². The Balaban J connectivity index is 1.36. The summed E-state index contributed by atoms with van der Waals surface area (Å²) >= 11 is 0. The Morgan fingerprint density at radius 2 is 1.56 bits per heavy atom. The van der Waals surface area contributed by atoms with Crippen LogP contribution < -0.4 is 5.32 Å². The van der Waals surface area contributed by atoms with Crippen LogP contribution in [0.5, 0.6) is 0 Å². The molecule has 0 aromatic carbocycles. The van der Waals surface area contributed by atoms with Crippen LogP contribution >= 0.6 is 0 Å². The van der Waals surface area contributed by atoms with Gasteiger partial charge in [-0.2, -0.15) is 0 Å². The molecule has 2 nitrogen and oxygen atoms in total. The van der Waals surface area contributed by atoms with Crippen LogP contribution in [-0.2, 0) is 0 Å². The van der Waals surface area contributed by atoms with E-state index in [-0.39, 0.29) is 0 Å². The molecule has 102 valence electrons. The Bertz CT molecular complexity index is 307. The van der Waals surface area contributed by atoms with Crippen LogP contribution in [0.4, 0.5) is 0 Å². The van der Waals surface area contributed by atoms with E-state index in [0.717, 1.165) is 11.5 Å². The third kappa shape index (κ3) is 1.84. The smallest absolute Gasteiger partial charge is 0.0101 e. The van der Waals surface area contributed by atoms with E-state index < -0.39 is 0 Å². The zero-order valence-corrected chi connectivity index (χ0v) is 11.7. The SMILES string of the molecule is C1CC2(C1)CCN(C1CCCC3(CNC3)C1)CC2. The van der Waals surface area contributed by atoms with Gasteiger partial charge in [-0.1, -0.05) is 12.8 Å². The van der Waals surface area contributed by atoms with Crippen molar-refractivity contribution >= 4 is 0 Å². The molecule has 1 unspecified atom stereocenters. The molecule has 0 aromatic heterocycles. The molecule has 0 bridgehead atoms. The molecule has 2 spiro atoms. The first kappa shape index (κ1) is 11.7. The Kier molecular flexibility index (Phi) is 2.74. The maximum atomic E-state index is 3.51. The standard InChI is InChI=1S/C16H28N2/c1-3-14(11-16(4-1)12-17-13-16)18-9-7-15(8-10-18)5-2-6-15/h14,17H,1-13H2. The second kappa shape index (κ2) is 4.21. The van der Waals surface area contributed by atoms with E-state index in [1.165, 1.54) is 71.1 Å². The molecular formula is C16H28N2. The van der Waals surface area contributed by atoms with Crippen LogP contribution in [0.3, 0.4) is 0 Å². The Hall–Kier alpha value is -0.0800. The summed E-state index contributed by atoms with van der Waals surface area (Å²) in [7, 11) is 0. The monoisotopic (exact) mass is 248 g/mol. The van der Waals surface area contributed by atoms with E-state index in [9.17, 15) is 0 Å². The van der Waals surface area contributed by atoms with E-state index >= 15 is 0 Å². The van der Waals surface area contributed by atoms with E-state index in [4.69, 9.17) is 0 Å². The second-order valence-electron chi connectivity index (χ2n) is 7.74. The first-order chi connectivity index (χ1) is 8.79. The van der Waals surface area contributed by atoms with Gasteiger partial charge in [0.15, 0.2) is 0 Å². The Morgan fingerprint density at radius 3 is 2.11 bits per heavy atom. The molecule has 2 saturated heterocycles. The lowest BCUT2D eigenvalue weighted by molar-refractivity contribution is -0.0188. The molecule has 4 fully saturated rings. The minimum atomic E-state index is 0.717. The second-order valence-corrected chi connectivity index (χ2v) is 7.74. The Morgan fingerprint density at radius 1 is 0.833 bits per heavy atom. The maximum absolute atomic E-state index is 3.51. The molecule has 2 heterocycles. The first-order valence-electron chi connectivity index (χ1n) is 8.24. The normalized spacial score (nSPS) is 38.3. The topological polar surface area (TPSA) is 15.3 Å². The van der Waals surface area contributed by atoms with Crippen molar-refractivity contribution < 1.29 is 0 Å². The number of hydrogen-bond acceptors (Lipinski definition) is 2. The fraction of sp³-hybridized carbons (Fsp3) is 1.00. The summed E-state index contributed by atoms with van der Waals surface area (Å²) in [6.07, 6.45) is 13.6. The molecular weight excluding hydrogens is 220 g/mol. The van der Waals surface area contributed by atoms with Gasteiger partial charge in [-0.05, 0) is 68.9 Å². The third-order valence-electron chi connectivity index (χ3n) is 6.70. The van der Waals surface area contributed by atoms with E-state index in [2.05, 4.69) is 10.2 Å². The number of nitrogens with one attached hydrogen (secondary N) is 1. The third-order valence-corrected chi connectivity index (χ3v) is 6.70. The number of rotatable bonds is 1. The summed E-state index contributed by atoms with van der Waals surface area (Å²) in [5.41, 5.74) is 1.54. The van der Waals surface area contributed by atoms with Crippen LogP contribution in [-0.4, -0.2) is 37.1 Å². The number of likely N-dealkylation sites (tertiary alicyclic amines) is 1. The van der Waals surface area contributed by atoms with Gasteiger partial charge in [0.05, 0.1) is 0 Å².